The summed E-state index contributed by atoms with van der Waals surface area (Å²) in [6.07, 6.45) is 2.75. The first-order valence-corrected chi connectivity index (χ1v) is 22.0. The molecule has 340 valence electrons. The molecular formula is C47H58N8O9. The molecule has 1 unspecified atom stereocenters. The van der Waals surface area contributed by atoms with Gasteiger partial charge in [-0.05, 0) is 85.4 Å². The van der Waals surface area contributed by atoms with E-state index in [0.717, 1.165) is 68.3 Å². The number of amides is 4. The number of fused-ring (bicyclic) bond motifs is 6. The summed E-state index contributed by atoms with van der Waals surface area (Å²) in [6.45, 7) is 8.97. The van der Waals surface area contributed by atoms with Crippen molar-refractivity contribution in [2.75, 3.05) is 41.6 Å². The van der Waals surface area contributed by atoms with Crippen molar-refractivity contribution < 1.29 is 42.9 Å². The van der Waals surface area contributed by atoms with E-state index in [9.17, 15) is 19.2 Å². The van der Waals surface area contributed by atoms with Crippen molar-refractivity contribution in [2.45, 2.75) is 96.3 Å². The lowest BCUT2D eigenvalue weighted by atomic mass is 9.92. The Kier molecular flexibility index (Phi) is 12.8. The second kappa shape index (κ2) is 18.5. The molecule has 0 saturated carbocycles. The zero-order valence-electron chi connectivity index (χ0n) is 37.7. The van der Waals surface area contributed by atoms with Gasteiger partial charge >= 0.3 is 12.2 Å². The first-order chi connectivity index (χ1) is 30.9. The fraction of sp³-hybridized carbons (Fsp3) is 0.489. The molecule has 3 aliphatic rings. The molecule has 0 radical (unpaired) electrons. The zero-order chi connectivity index (χ0) is 45.4. The van der Waals surface area contributed by atoms with Crippen molar-refractivity contribution in [1.82, 2.24) is 40.4 Å². The van der Waals surface area contributed by atoms with Gasteiger partial charge in [-0.3, -0.25) is 9.59 Å². The minimum absolute atomic E-state index is 0.0241. The molecular weight excluding hydrogens is 821 g/mol. The summed E-state index contributed by atoms with van der Waals surface area (Å²) in [5.74, 6) is 1.62. The summed E-state index contributed by atoms with van der Waals surface area (Å²) in [4.78, 5) is 73.2. The molecule has 0 bridgehead atoms. The molecule has 3 aliphatic heterocycles. The van der Waals surface area contributed by atoms with Gasteiger partial charge in [0.2, 0.25) is 11.8 Å². The average Bonchev–Trinajstić information content (AvgIpc) is 4.14. The lowest BCUT2D eigenvalue weighted by molar-refractivity contribution is -0.138. The van der Waals surface area contributed by atoms with Crippen LogP contribution in [0.3, 0.4) is 0 Å². The number of nitrogens with zero attached hydrogens (tertiary/aromatic N) is 4. The van der Waals surface area contributed by atoms with Gasteiger partial charge in [-0.25, -0.2) is 19.6 Å². The standard InChI is InChI=1S/C47H58N8O9/c1-9-24(2)39(52-46(58)62-7)45(57)55-25(3)10-15-36(55)42-48-20-35(50-42)29-11-13-31-30(17-29)23-64-38-19-32-28(18-33(31)38)12-14-34-41(32)51-43(49-34)37-16-27(22-60-5)21-54(37)44(56)40(26(4)61-6)53-47(59)63-8/h11-14,17-20,24-27,36-37,39-40H,9-10,15-16,21-23H2,1-8H3,(H,48,50)(H,49,51)(H,52,58)(H,53,59)/t24-,25-,26+,27-,36-,37-,39?,40-/m0/s1. The monoisotopic (exact) mass is 878 g/mol. The minimum Gasteiger partial charge on any atom is -0.488 e. The van der Waals surface area contributed by atoms with Gasteiger partial charge in [0.25, 0.3) is 0 Å². The first kappa shape index (κ1) is 44.4. The van der Waals surface area contributed by atoms with Crippen LogP contribution in [0.5, 0.6) is 5.75 Å². The molecule has 0 aliphatic carbocycles. The molecule has 4 N–H and O–H groups in total. The summed E-state index contributed by atoms with van der Waals surface area (Å²) < 4.78 is 27.1. The van der Waals surface area contributed by atoms with E-state index in [1.807, 2.05) is 44.0 Å². The van der Waals surface area contributed by atoms with E-state index in [2.05, 4.69) is 50.9 Å². The highest BCUT2D eigenvalue weighted by Crippen LogP contribution is 2.44. The molecule has 17 nitrogen and oxygen atoms in total. The van der Waals surface area contributed by atoms with Crippen molar-refractivity contribution in [3.63, 3.8) is 0 Å². The number of likely N-dealkylation sites (tertiary alicyclic amines) is 2. The number of imidazole rings is 2. The number of aromatic amines is 2. The zero-order valence-corrected chi connectivity index (χ0v) is 37.7. The predicted molar refractivity (Wildman–Crippen MR) is 238 cm³/mol. The molecule has 8 atom stereocenters. The Hall–Kier alpha value is -6.20. The van der Waals surface area contributed by atoms with Gasteiger partial charge < -0.3 is 54.1 Å². The third-order valence-corrected chi connectivity index (χ3v) is 13.4. The lowest BCUT2D eigenvalue weighted by Crippen LogP contribution is -2.54. The number of ether oxygens (including phenoxy) is 5. The Labute approximate surface area is 371 Å². The summed E-state index contributed by atoms with van der Waals surface area (Å²) in [5, 5.41) is 7.33. The summed E-state index contributed by atoms with van der Waals surface area (Å²) in [7, 11) is 5.69. The fourth-order valence-electron chi connectivity index (χ4n) is 9.60. The topological polar surface area (TPSA) is 202 Å². The number of hydrogen-bond acceptors (Lipinski definition) is 11. The van der Waals surface area contributed by atoms with Gasteiger partial charge in [0.05, 0.1) is 61.9 Å². The quantitative estimate of drug-likeness (QED) is 0.0971. The van der Waals surface area contributed by atoms with E-state index in [4.69, 9.17) is 33.7 Å². The molecule has 2 aromatic heterocycles. The number of methoxy groups -OCH3 is 4. The first-order valence-electron chi connectivity index (χ1n) is 22.0. The summed E-state index contributed by atoms with van der Waals surface area (Å²) in [5.41, 5.74) is 6.43. The second-order valence-corrected chi connectivity index (χ2v) is 17.3. The van der Waals surface area contributed by atoms with Crippen molar-refractivity contribution in [2.24, 2.45) is 11.8 Å². The highest BCUT2D eigenvalue weighted by Gasteiger charge is 2.44. The summed E-state index contributed by atoms with van der Waals surface area (Å²) >= 11 is 0. The predicted octanol–water partition coefficient (Wildman–Crippen LogP) is 6.78. The van der Waals surface area contributed by atoms with E-state index < -0.39 is 36.4 Å². The Morgan fingerprint density at radius 3 is 2.38 bits per heavy atom. The second-order valence-electron chi connectivity index (χ2n) is 17.3. The Morgan fingerprint density at radius 1 is 0.891 bits per heavy atom. The number of nitrogens with one attached hydrogen (secondary N) is 4. The van der Waals surface area contributed by atoms with Crippen LogP contribution in [0.15, 0.2) is 48.7 Å². The van der Waals surface area contributed by atoms with Gasteiger partial charge in [0, 0.05) is 43.7 Å². The van der Waals surface area contributed by atoms with Crippen LogP contribution in [0, 0.1) is 11.8 Å². The van der Waals surface area contributed by atoms with Crippen LogP contribution >= 0.6 is 0 Å². The molecule has 2 saturated heterocycles. The van der Waals surface area contributed by atoms with Crippen molar-refractivity contribution in [3.05, 3.63) is 65.9 Å². The maximum Gasteiger partial charge on any atom is 0.407 e. The molecule has 3 aromatic carbocycles. The Morgan fingerprint density at radius 2 is 1.66 bits per heavy atom. The van der Waals surface area contributed by atoms with Gasteiger partial charge in [0.1, 0.15) is 36.1 Å². The van der Waals surface area contributed by atoms with Crippen LogP contribution in [0.1, 0.15) is 82.7 Å². The number of hydrogen-bond donors (Lipinski definition) is 4. The maximum atomic E-state index is 14.1. The fourth-order valence-corrected chi connectivity index (χ4v) is 9.60. The van der Waals surface area contributed by atoms with Crippen molar-refractivity contribution in [3.8, 4) is 28.1 Å². The molecule has 17 heteroatoms. The SMILES string of the molecule is CC[C@H](C)C(NC(=O)OC)C(=O)N1[C@@H](C)CC[C@H]1c1ncc(-c2ccc3c(c2)COc2cc4c(ccc5[nH]c([C@@H]6C[C@H](COC)CN6C(=O)[C@@H](NC(=O)OC)[C@@H](C)OC)nc54)cc2-3)[nH]1. The van der Waals surface area contributed by atoms with Crippen LogP contribution in [-0.2, 0) is 35.1 Å². The van der Waals surface area contributed by atoms with Crippen molar-refractivity contribution in [1.29, 1.82) is 0 Å². The highest BCUT2D eigenvalue weighted by atomic mass is 16.5. The Balaban J connectivity index is 1.05. The third-order valence-electron chi connectivity index (χ3n) is 13.4. The van der Waals surface area contributed by atoms with Crippen LogP contribution < -0.4 is 15.4 Å². The lowest BCUT2D eigenvalue weighted by Gasteiger charge is -2.33. The van der Waals surface area contributed by atoms with Crippen LogP contribution in [0.4, 0.5) is 9.59 Å². The number of rotatable bonds is 13. The number of benzene rings is 3. The smallest absolute Gasteiger partial charge is 0.407 e. The van der Waals surface area contributed by atoms with Gasteiger partial charge in [0.15, 0.2) is 0 Å². The van der Waals surface area contributed by atoms with Crippen molar-refractivity contribution >= 4 is 45.8 Å². The van der Waals surface area contributed by atoms with Crippen LogP contribution in [-0.4, -0.2) is 120 Å². The number of H-pyrrole nitrogens is 2. The van der Waals surface area contributed by atoms with Gasteiger partial charge in [-0.2, -0.15) is 0 Å². The minimum atomic E-state index is -0.971. The van der Waals surface area contributed by atoms with E-state index in [0.29, 0.717) is 44.2 Å². The maximum absolute atomic E-state index is 14.1. The average molecular weight is 879 g/mol. The molecule has 5 heterocycles. The van der Waals surface area contributed by atoms with Gasteiger partial charge in [-0.15, -0.1) is 0 Å². The number of alkyl carbamates (subject to hydrolysis) is 2. The normalized spacial score (nSPS) is 21.1. The van der Waals surface area contributed by atoms with E-state index in [-0.39, 0.29) is 35.7 Å². The highest BCUT2D eigenvalue weighted by molar-refractivity contribution is 6.07. The molecule has 8 rings (SSSR count). The molecule has 64 heavy (non-hydrogen) atoms. The third kappa shape index (κ3) is 8.33. The molecule has 5 aromatic rings. The number of carbonyl (C=O) groups is 4. The van der Waals surface area contributed by atoms with E-state index in [1.165, 1.54) is 21.3 Å². The van der Waals surface area contributed by atoms with Gasteiger partial charge in [-0.1, -0.05) is 38.5 Å². The number of carbonyl (C=O) groups excluding carboxylic acids is 4. The van der Waals surface area contributed by atoms with Crippen LogP contribution in [0.25, 0.3) is 44.2 Å². The summed E-state index contributed by atoms with van der Waals surface area (Å²) in [6, 6.07) is 12.2. The molecule has 4 amide bonds. The number of aromatic nitrogens is 4. The molecule has 2 fully saturated rings. The van der Waals surface area contributed by atoms with E-state index in [1.54, 1.807) is 18.9 Å². The molecule has 0 spiro atoms. The van der Waals surface area contributed by atoms with E-state index >= 15 is 0 Å². The van der Waals surface area contributed by atoms with Crippen LogP contribution in [0.2, 0.25) is 0 Å². The Bertz CT molecular complexity index is 2560. The largest absolute Gasteiger partial charge is 0.488 e.